The van der Waals surface area contributed by atoms with Crippen LogP contribution in [0.5, 0.6) is 0 Å². The fourth-order valence-electron chi connectivity index (χ4n) is 2.80. The maximum atomic E-state index is 13.6. The molecular formula is C20H26F4O3Si2. The van der Waals surface area contributed by atoms with Crippen molar-refractivity contribution in [2.24, 2.45) is 0 Å². The lowest BCUT2D eigenvalue weighted by molar-refractivity contribution is -0.0310. The number of benzene rings is 2. The largest absolute Gasteiger partial charge is 0.408 e. The van der Waals surface area contributed by atoms with Gasteiger partial charge in [0.25, 0.3) is 5.92 Å². The molecule has 29 heavy (non-hydrogen) atoms. The van der Waals surface area contributed by atoms with E-state index in [2.05, 4.69) is 0 Å². The average molecular weight is 447 g/mol. The molecule has 0 aliphatic heterocycles. The predicted molar refractivity (Wildman–Crippen MR) is 110 cm³/mol. The summed E-state index contributed by atoms with van der Waals surface area (Å²) >= 11 is 0. The summed E-state index contributed by atoms with van der Waals surface area (Å²) in [5.74, 6) is -3.03. The van der Waals surface area contributed by atoms with Gasteiger partial charge in [-0.15, -0.1) is 0 Å². The molecule has 0 heterocycles. The molecule has 2 rings (SSSR count). The van der Waals surface area contributed by atoms with E-state index in [-0.39, 0.29) is 6.61 Å². The van der Waals surface area contributed by atoms with E-state index < -0.39 is 42.5 Å². The van der Waals surface area contributed by atoms with Gasteiger partial charge < -0.3 is 13.0 Å². The molecule has 0 amide bonds. The van der Waals surface area contributed by atoms with Crippen LogP contribution >= 0.6 is 0 Å². The van der Waals surface area contributed by atoms with Crippen LogP contribution in [0, 0.1) is 0 Å². The number of halogens is 4. The maximum absolute atomic E-state index is 13.6. The molecule has 0 fully saturated rings. The van der Waals surface area contributed by atoms with Crippen LogP contribution in [0.1, 0.15) is 13.3 Å². The molecule has 2 unspecified atom stereocenters. The summed E-state index contributed by atoms with van der Waals surface area (Å²) in [6.07, 6.45) is -2.94. The van der Waals surface area contributed by atoms with E-state index in [1.54, 1.807) is 67.7 Å². The molecule has 2 atom stereocenters. The lowest BCUT2D eigenvalue weighted by Gasteiger charge is -2.37. The van der Waals surface area contributed by atoms with Crippen molar-refractivity contribution >= 4 is 27.5 Å². The highest BCUT2D eigenvalue weighted by Gasteiger charge is 2.47. The third kappa shape index (κ3) is 7.34. The summed E-state index contributed by atoms with van der Waals surface area (Å²) in [6, 6.07) is 17.9. The molecule has 0 saturated carbocycles. The first-order valence-electron chi connectivity index (χ1n) is 9.29. The zero-order valence-electron chi connectivity index (χ0n) is 16.7. The first-order chi connectivity index (χ1) is 13.5. The number of alkyl halides is 4. The monoisotopic (exact) mass is 446 g/mol. The molecule has 0 aliphatic rings. The van der Waals surface area contributed by atoms with Crippen LogP contribution in [-0.2, 0) is 13.0 Å². The third-order valence-electron chi connectivity index (χ3n) is 4.30. The Morgan fingerprint density at radius 1 is 0.828 bits per heavy atom. The molecule has 0 bridgehead atoms. The lowest BCUT2D eigenvalue weighted by Crippen LogP contribution is -2.64. The Labute approximate surface area is 171 Å². The molecule has 2 aromatic carbocycles. The van der Waals surface area contributed by atoms with Gasteiger partial charge in [-0.25, -0.2) is 17.6 Å². The maximum Gasteiger partial charge on any atom is 0.360 e. The second kappa shape index (κ2) is 9.99. The van der Waals surface area contributed by atoms with E-state index >= 15 is 0 Å². The predicted octanol–water partition coefficient (Wildman–Crippen LogP) is 4.31. The summed E-state index contributed by atoms with van der Waals surface area (Å²) in [5.41, 5.74) is 0. The van der Waals surface area contributed by atoms with Gasteiger partial charge in [-0.2, -0.15) is 0 Å². The normalized spacial score (nSPS) is 16.4. The number of rotatable bonds is 11. The Morgan fingerprint density at radius 2 is 1.28 bits per heavy atom. The van der Waals surface area contributed by atoms with Gasteiger partial charge in [0.15, 0.2) is 0 Å². The van der Waals surface area contributed by atoms with E-state index in [0.717, 1.165) is 12.1 Å². The van der Waals surface area contributed by atoms with Crippen LogP contribution in [0.25, 0.3) is 0 Å². The van der Waals surface area contributed by atoms with Crippen LogP contribution in [-0.4, -0.2) is 42.7 Å². The van der Waals surface area contributed by atoms with Gasteiger partial charge in [0.1, 0.15) is 0 Å². The van der Waals surface area contributed by atoms with Crippen molar-refractivity contribution in [1.29, 1.82) is 0 Å². The molecule has 9 heteroatoms. The van der Waals surface area contributed by atoms with E-state index in [0.29, 0.717) is 5.19 Å². The van der Waals surface area contributed by atoms with E-state index in [9.17, 15) is 17.6 Å². The highest BCUT2D eigenvalue weighted by atomic mass is 28.5. The Morgan fingerprint density at radius 3 is 1.69 bits per heavy atom. The highest BCUT2D eigenvalue weighted by Crippen LogP contribution is 2.22. The Kier molecular flexibility index (Phi) is 8.18. The minimum Gasteiger partial charge on any atom is -0.408 e. The molecule has 0 aliphatic carbocycles. The van der Waals surface area contributed by atoms with Gasteiger partial charge in [0.05, 0.1) is 6.61 Å². The molecular weight excluding hydrogens is 420 g/mol. The van der Waals surface area contributed by atoms with Gasteiger partial charge in [-0.05, 0) is 23.5 Å². The van der Waals surface area contributed by atoms with E-state index in [4.69, 9.17) is 13.0 Å². The zero-order valence-corrected chi connectivity index (χ0v) is 18.7. The first-order valence-corrected chi connectivity index (χ1v) is 13.9. The van der Waals surface area contributed by atoms with Crippen molar-refractivity contribution in [2.45, 2.75) is 38.8 Å². The first kappa shape index (κ1) is 23.7. The summed E-state index contributed by atoms with van der Waals surface area (Å²) in [4.78, 5) is 0. The SMILES string of the molecule is CC(F)(F)CO[Si](C)(O[Si](C)(OCCC(F)F)c1ccccc1)c1ccccc1. The smallest absolute Gasteiger partial charge is 0.360 e. The van der Waals surface area contributed by atoms with Crippen molar-refractivity contribution < 1.29 is 30.5 Å². The molecule has 0 N–H and O–H groups in total. The minimum atomic E-state index is -3.36. The van der Waals surface area contributed by atoms with Crippen LogP contribution < -0.4 is 10.4 Å². The average Bonchev–Trinajstić information content (AvgIpc) is 2.67. The fourth-order valence-corrected chi connectivity index (χ4v) is 10.2. The van der Waals surface area contributed by atoms with Gasteiger partial charge in [-0.1, -0.05) is 60.7 Å². The second-order valence-electron chi connectivity index (χ2n) is 7.11. The highest BCUT2D eigenvalue weighted by molar-refractivity contribution is 6.92. The molecule has 0 spiro atoms. The second-order valence-corrected chi connectivity index (χ2v) is 13.4. The molecule has 0 saturated heterocycles. The Balaban J connectivity index is 2.38. The Hall–Kier alpha value is -1.53. The van der Waals surface area contributed by atoms with Crippen LogP contribution in [0.2, 0.25) is 13.1 Å². The van der Waals surface area contributed by atoms with Crippen LogP contribution in [0.4, 0.5) is 17.6 Å². The summed E-state index contributed by atoms with van der Waals surface area (Å²) < 4.78 is 70.4. The van der Waals surface area contributed by atoms with Crippen molar-refractivity contribution in [1.82, 2.24) is 0 Å². The minimum absolute atomic E-state index is 0.196. The van der Waals surface area contributed by atoms with E-state index in [1.165, 1.54) is 0 Å². The third-order valence-corrected chi connectivity index (χ3v) is 11.6. The molecule has 3 nitrogen and oxygen atoms in total. The Bertz CT molecular complexity index is 746. The number of hydrogen-bond acceptors (Lipinski definition) is 3. The van der Waals surface area contributed by atoms with Crippen molar-refractivity contribution in [3.8, 4) is 0 Å². The topological polar surface area (TPSA) is 27.7 Å². The van der Waals surface area contributed by atoms with E-state index in [1.807, 2.05) is 6.07 Å². The van der Waals surface area contributed by atoms with Crippen molar-refractivity contribution in [3.63, 3.8) is 0 Å². The summed E-state index contributed by atoms with van der Waals surface area (Å²) in [6.45, 7) is 3.19. The molecule has 160 valence electrons. The molecule has 2 aromatic rings. The van der Waals surface area contributed by atoms with Crippen LogP contribution in [0.3, 0.4) is 0 Å². The zero-order chi connectivity index (χ0) is 21.5. The fraction of sp³-hybridized carbons (Fsp3) is 0.400. The lowest BCUT2D eigenvalue weighted by atomic mass is 10.4. The number of hydrogen-bond donors (Lipinski definition) is 0. The van der Waals surface area contributed by atoms with Gasteiger partial charge >= 0.3 is 17.1 Å². The molecule has 0 aromatic heterocycles. The van der Waals surface area contributed by atoms with Gasteiger partial charge in [0, 0.05) is 20.0 Å². The quantitative estimate of drug-likeness (QED) is 0.380. The standard InChI is InChI=1S/C20H26F4O3Si2/c1-20(23,24)16-26-29(3,18-12-8-5-9-13-18)27-28(2,25-15-14-19(21)22)17-10-6-4-7-11-17/h4-13,19H,14-16H2,1-3H3. The summed E-state index contributed by atoms with van der Waals surface area (Å²) in [5, 5.41) is 1.38. The van der Waals surface area contributed by atoms with Gasteiger partial charge in [-0.3, -0.25) is 0 Å². The molecule has 0 radical (unpaired) electrons. The van der Waals surface area contributed by atoms with Gasteiger partial charge in [0.2, 0.25) is 6.43 Å². The van der Waals surface area contributed by atoms with Crippen molar-refractivity contribution in [2.75, 3.05) is 13.2 Å². The van der Waals surface area contributed by atoms with Crippen LogP contribution in [0.15, 0.2) is 60.7 Å². The summed E-state index contributed by atoms with van der Waals surface area (Å²) in [7, 11) is -6.61. The van der Waals surface area contributed by atoms with Crippen molar-refractivity contribution in [3.05, 3.63) is 60.7 Å².